The largest absolute Gasteiger partial charge is 0.389 e. The van der Waals surface area contributed by atoms with Crippen LogP contribution in [0.25, 0.3) is 0 Å². The third kappa shape index (κ3) is 6.08. The van der Waals surface area contributed by atoms with Gasteiger partial charge in [0, 0.05) is 25.2 Å². The van der Waals surface area contributed by atoms with Crippen molar-refractivity contribution in [3.05, 3.63) is 70.6 Å². The smallest absolute Gasteiger partial charge is 0.250 e. The Labute approximate surface area is 135 Å². The zero-order valence-corrected chi connectivity index (χ0v) is 13.0. The Bertz CT molecular complexity index is 667. The molecular formula is C18H22N2O3. The van der Waals surface area contributed by atoms with Crippen LogP contribution < -0.4 is 10.9 Å². The summed E-state index contributed by atoms with van der Waals surface area (Å²) >= 11 is 0. The topological polar surface area (TPSA) is 71.3 Å². The fourth-order valence-electron chi connectivity index (χ4n) is 2.32. The highest BCUT2D eigenvalue weighted by atomic mass is 16.3. The molecule has 5 nitrogen and oxygen atoms in total. The number of nitrogens with zero attached hydrogens (tertiary/aromatic N) is 1. The summed E-state index contributed by atoms with van der Waals surface area (Å²) in [6.45, 7) is 0.315. The molecule has 1 aromatic carbocycles. The third-order valence-electron chi connectivity index (χ3n) is 3.55. The number of aryl methyl sites for hydroxylation is 1. The van der Waals surface area contributed by atoms with E-state index in [1.165, 1.54) is 16.2 Å². The van der Waals surface area contributed by atoms with Crippen molar-refractivity contribution < 1.29 is 9.90 Å². The molecule has 0 saturated carbocycles. The van der Waals surface area contributed by atoms with Crippen molar-refractivity contribution in [3.63, 3.8) is 0 Å². The van der Waals surface area contributed by atoms with E-state index < -0.39 is 6.10 Å². The molecule has 1 atom stereocenters. The number of rotatable bonds is 8. The molecule has 0 radical (unpaired) electrons. The van der Waals surface area contributed by atoms with Gasteiger partial charge in [-0.1, -0.05) is 36.4 Å². The molecule has 1 unspecified atom stereocenters. The molecule has 0 fully saturated rings. The number of aliphatic hydroxyl groups excluding tert-OH is 1. The molecule has 1 aromatic heterocycles. The lowest BCUT2D eigenvalue weighted by Gasteiger charge is -2.13. The summed E-state index contributed by atoms with van der Waals surface area (Å²) in [5.41, 5.74) is 1.05. The second-order valence-corrected chi connectivity index (χ2v) is 5.49. The van der Waals surface area contributed by atoms with Gasteiger partial charge in [-0.05, 0) is 24.5 Å². The van der Waals surface area contributed by atoms with Crippen molar-refractivity contribution in [1.82, 2.24) is 9.88 Å². The summed E-state index contributed by atoms with van der Waals surface area (Å²) in [5.74, 6) is -0.0830. The number of carbonyl (C=O) groups is 1. The maximum Gasteiger partial charge on any atom is 0.250 e. The van der Waals surface area contributed by atoms with Crippen molar-refractivity contribution in [1.29, 1.82) is 0 Å². The number of hydrogen-bond donors (Lipinski definition) is 2. The molecule has 2 aromatic rings. The summed E-state index contributed by atoms with van der Waals surface area (Å²) in [6, 6.07) is 14.8. The van der Waals surface area contributed by atoms with E-state index in [2.05, 4.69) is 5.32 Å². The van der Waals surface area contributed by atoms with Crippen molar-refractivity contribution in [2.24, 2.45) is 0 Å². The van der Waals surface area contributed by atoms with Crippen LogP contribution in [-0.4, -0.2) is 28.2 Å². The zero-order chi connectivity index (χ0) is 16.5. The Balaban J connectivity index is 1.66. The van der Waals surface area contributed by atoms with Crippen LogP contribution in [0.5, 0.6) is 0 Å². The van der Waals surface area contributed by atoms with Gasteiger partial charge >= 0.3 is 0 Å². The van der Waals surface area contributed by atoms with Crippen LogP contribution in [0.4, 0.5) is 0 Å². The molecule has 1 heterocycles. The molecule has 5 heteroatoms. The number of carbonyl (C=O) groups excluding carboxylic acids is 1. The molecule has 1 amide bonds. The Morgan fingerprint density at radius 3 is 2.61 bits per heavy atom. The number of amides is 1. The number of pyridine rings is 1. The molecule has 2 N–H and O–H groups in total. The third-order valence-corrected chi connectivity index (χ3v) is 3.55. The summed E-state index contributed by atoms with van der Waals surface area (Å²) in [7, 11) is 0. The van der Waals surface area contributed by atoms with Gasteiger partial charge in [0.05, 0.1) is 12.6 Å². The van der Waals surface area contributed by atoms with Crippen LogP contribution in [0.1, 0.15) is 18.4 Å². The second-order valence-electron chi connectivity index (χ2n) is 5.49. The first-order valence-electron chi connectivity index (χ1n) is 7.79. The highest BCUT2D eigenvalue weighted by Gasteiger charge is 2.08. The van der Waals surface area contributed by atoms with E-state index in [9.17, 15) is 14.7 Å². The van der Waals surface area contributed by atoms with Gasteiger partial charge in [0.25, 0.3) is 5.56 Å². The van der Waals surface area contributed by atoms with E-state index in [1.807, 2.05) is 30.3 Å². The van der Waals surface area contributed by atoms with E-state index in [1.54, 1.807) is 18.3 Å². The molecular weight excluding hydrogens is 292 g/mol. The number of aromatic nitrogens is 1. The minimum absolute atomic E-state index is 0.0830. The predicted octanol–water partition coefficient (Wildman–Crippen LogP) is 1.35. The molecule has 122 valence electrons. The van der Waals surface area contributed by atoms with Gasteiger partial charge in [-0.3, -0.25) is 9.59 Å². The number of aliphatic hydroxyl groups is 1. The van der Waals surface area contributed by atoms with Crippen molar-refractivity contribution in [2.45, 2.75) is 31.9 Å². The molecule has 23 heavy (non-hydrogen) atoms. The number of nitrogens with one attached hydrogen (secondary N) is 1. The van der Waals surface area contributed by atoms with Crippen LogP contribution in [0.3, 0.4) is 0 Å². The summed E-state index contributed by atoms with van der Waals surface area (Å²) in [6.07, 6.45) is 2.88. The molecule has 0 aliphatic rings. The first-order valence-corrected chi connectivity index (χ1v) is 7.79. The van der Waals surface area contributed by atoms with Gasteiger partial charge in [-0.15, -0.1) is 0 Å². The van der Waals surface area contributed by atoms with Gasteiger partial charge < -0.3 is 15.0 Å². The average molecular weight is 314 g/mol. The maximum atomic E-state index is 11.8. The number of hydrogen-bond acceptors (Lipinski definition) is 3. The van der Waals surface area contributed by atoms with E-state index in [0.29, 0.717) is 6.42 Å². The fraction of sp³-hybridized carbons (Fsp3) is 0.333. The predicted molar refractivity (Wildman–Crippen MR) is 89.1 cm³/mol. The first-order chi connectivity index (χ1) is 11.1. The van der Waals surface area contributed by atoms with E-state index >= 15 is 0 Å². The number of benzene rings is 1. The Kier molecular flexibility index (Phi) is 6.56. The van der Waals surface area contributed by atoms with Gasteiger partial charge in [-0.25, -0.2) is 0 Å². The Morgan fingerprint density at radius 1 is 1.13 bits per heavy atom. The lowest BCUT2D eigenvalue weighted by Crippen LogP contribution is -2.36. The molecule has 2 rings (SSSR count). The second kappa shape index (κ2) is 8.90. The molecule has 0 bridgehead atoms. The summed E-state index contributed by atoms with van der Waals surface area (Å²) in [4.78, 5) is 23.3. The van der Waals surface area contributed by atoms with Crippen molar-refractivity contribution >= 4 is 5.91 Å². The van der Waals surface area contributed by atoms with Gasteiger partial charge in [0.15, 0.2) is 0 Å². The fourth-order valence-corrected chi connectivity index (χ4v) is 2.32. The summed E-state index contributed by atoms with van der Waals surface area (Å²) < 4.78 is 1.42. The summed E-state index contributed by atoms with van der Waals surface area (Å²) in [5, 5.41) is 12.6. The van der Waals surface area contributed by atoms with Crippen LogP contribution in [0, 0.1) is 0 Å². The van der Waals surface area contributed by atoms with Gasteiger partial charge in [0.1, 0.15) is 0 Å². The first kappa shape index (κ1) is 17.0. The van der Waals surface area contributed by atoms with E-state index in [4.69, 9.17) is 0 Å². The molecule has 0 aliphatic carbocycles. The van der Waals surface area contributed by atoms with Crippen LogP contribution in [0.15, 0.2) is 59.5 Å². The van der Waals surface area contributed by atoms with E-state index in [-0.39, 0.29) is 24.6 Å². The van der Waals surface area contributed by atoms with Gasteiger partial charge in [0.2, 0.25) is 5.91 Å². The van der Waals surface area contributed by atoms with Gasteiger partial charge in [-0.2, -0.15) is 0 Å². The van der Waals surface area contributed by atoms with Crippen LogP contribution >= 0.6 is 0 Å². The SMILES string of the molecule is O=C(CCCc1ccccc1)NCC(O)Cn1ccccc1=O. The quantitative estimate of drug-likeness (QED) is 0.772. The average Bonchev–Trinajstić information content (AvgIpc) is 2.56. The highest BCUT2D eigenvalue weighted by Crippen LogP contribution is 2.04. The zero-order valence-electron chi connectivity index (χ0n) is 13.0. The highest BCUT2D eigenvalue weighted by molar-refractivity contribution is 5.75. The Hall–Kier alpha value is -2.40. The normalized spacial score (nSPS) is 11.9. The monoisotopic (exact) mass is 314 g/mol. The standard InChI is InChI=1S/C18H22N2O3/c21-16(14-20-12-5-4-11-18(20)23)13-19-17(22)10-6-9-15-7-2-1-3-8-15/h1-5,7-8,11-12,16,21H,6,9-10,13-14H2,(H,19,22). The van der Waals surface area contributed by atoms with Crippen LogP contribution in [-0.2, 0) is 17.8 Å². The minimum Gasteiger partial charge on any atom is -0.389 e. The lowest BCUT2D eigenvalue weighted by atomic mass is 10.1. The molecule has 0 aliphatic heterocycles. The van der Waals surface area contributed by atoms with E-state index in [0.717, 1.165) is 12.8 Å². The Morgan fingerprint density at radius 2 is 1.87 bits per heavy atom. The minimum atomic E-state index is -0.784. The lowest BCUT2D eigenvalue weighted by molar-refractivity contribution is -0.121. The molecule has 0 spiro atoms. The van der Waals surface area contributed by atoms with Crippen molar-refractivity contribution in [3.8, 4) is 0 Å². The molecule has 0 saturated heterocycles. The van der Waals surface area contributed by atoms with Crippen molar-refractivity contribution in [2.75, 3.05) is 6.54 Å². The van der Waals surface area contributed by atoms with Crippen LogP contribution in [0.2, 0.25) is 0 Å². The maximum absolute atomic E-state index is 11.8.